The molecule has 0 aliphatic rings. The van der Waals surface area contributed by atoms with Crippen molar-refractivity contribution in [3.63, 3.8) is 0 Å². The average molecular weight is 385 g/mol. The van der Waals surface area contributed by atoms with E-state index in [2.05, 4.69) is 22.3 Å². The molecule has 0 unspecified atom stereocenters. The Balaban J connectivity index is 1.75. The van der Waals surface area contributed by atoms with Crippen LogP contribution in [0.25, 0.3) is 4.96 Å². The number of carbonyl (C=O) groups is 1. The molecule has 0 radical (unpaired) electrons. The number of likely N-dealkylation sites (N-methyl/N-ethyl adjacent to an activating group) is 1. The largest absolute Gasteiger partial charge is 0.340 e. The summed E-state index contributed by atoms with van der Waals surface area (Å²) in [6.45, 7) is 4.23. The van der Waals surface area contributed by atoms with Crippen molar-refractivity contribution in [3.8, 4) is 0 Å². The first-order valence-corrected chi connectivity index (χ1v) is 9.82. The third kappa shape index (κ3) is 4.33. The number of aryl methyl sites for hydroxylation is 2. The number of anilines is 2. The minimum atomic E-state index is -0.194. The minimum absolute atomic E-state index is 0.133. The standard InChI is InChI=1S/C19H23N5O2S/c1-4-8-14-11-17(26)24-18(20-14)27-19(22-24)23(3)12-16(25)21-15-10-7-6-9-13(15)5-2/h6-7,9-11H,4-5,8,12H2,1-3H3,(H,21,25). The van der Waals surface area contributed by atoms with Gasteiger partial charge in [-0.15, -0.1) is 5.10 Å². The molecular weight excluding hydrogens is 362 g/mol. The highest BCUT2D eigenvalue weighted by molar-refractivity contribution is 7.20. The molecule has 1 aromatic carbocycles. The summed E-state index contributed by atoms with van der Waals surface area (Å²) in [7, 11) is 1.78. The molecule has 0 aliphatic carbocycles. The molecule has 1 amide bonds. The van der Waals surface area contributed by atoms with E-state index < -0.39 is 0 Å². The van der Waals surface area contributed by atoms with Gasteiger partial charge in [0.05, 0.1) is 6.54 Å². The van der Waals surface area contributed by atoms with Gasteiger partial charge in [-0.1, -0.05) is 49.8 Å². The van der Waals surface area contributed by atoms with Crippen LogP contribution in [-0.2, 0) is 17.6 Å². The summed E-state index contributed by atoms with van der Waals surface area (Å²) in [5, 5.41) is 7.83. The van der Waals surface area contributed by atoms with Crippen LogP contribution in [-0.4, -0.2) is 34.1 Å². The molecule has 7 nitrogen and oxygen atoms in total. The number of benzene rings is 1. The Morgan fingerprint density at radius 1 is 1.30 bits per heavy atom. The third-order valence-electron chi connectivity index (χ3n) is 4.17. The van der Waals surface area contributed by atoms with E-state index >= 15 is 0 Å². The monoisotopic (exact) mass is 385 g/mol. The molecule has 0 saturated heterocycles. The quantitative estimate of drug-likeness (QED) is 0.676. The number of para-hydroxylation sites is 1. The van der Waals surface area contributed by atoms with Gasteiger partial charge in [0.15, 0.2) is 0 Å². The second-order valence-electron chi connectivity index (χ2n) is 6.33. The number of amides is 1. The SMILES string of the molecule is CCCc1cc(=O)n2nc(N(C)CC(=O)Nc3ccccc3CC)sc2n1. The summed E-state index contributed by atoms with van der Waals surface area (Å²) in [6.07, 6.45) is 2.53. The topological polar surface area (TPSA) is 79.6 Å². The van der Waals surface area contributed by atoms with Gasteiger partial charge in [0, 0.05) is 24.5 Å². The molecule has 0 bridgehead atoms. The summed E-state index contributed by atoms with van der Waals surface area (Å²) in [6, 6.07) is 9.28. The zero-order valence-electron chi connectivity index (χ0n) is 15.7. The van der Waals surface area contributed by atoms with Crippen LogP contribution in [0.1, 0.15) is 31.5 Å². The minimum Gasteiger partial charge on any atom is -0.340 e. The first kappa shape index (κ1) is 19.0. The van der Waals surface area contributed by atoms with Crippen molar-refractivity contribution < 1.29 is 4.79 Å². The van der Waals surface area contributed by atoms with E-state index in [1.165, 1.54) is 21.9 Å². The van der Waals surface area contributed by atoms with Crippen LogP contribution in [0, 0.1) is 0 Å². The summed E-state index contributed by atoms with van der Waals surface area (Å²) in [5.41, 5.74) is 2.49. The zero-order valence-corrected chi connectivity index (χ0v) is 16.5. The highest BCUT2D eigenvalue weighted by atomic mass is 32.1. The summed E-state index contributed by atoms with van der Waals surface area (Å²) in [4.78, 5) is 31.4. The molecule has 27 heavy (non-hydrogen) atoms. The molecule has 0 aliphatic heterocycles. The molecule has 0 saturated carbocycles. The molecule has 8 heteroatoms. The maximum absolute atomic E-state index is 12.4. The van der Waals surface area contributed by atoms with Gasteiger partial charge < -0.3 is 10.2 Å². The Morgan fingerprint density at radius 2 is 2.07 bits per heavy atom. The number of rotatable bonds is 7. The van der Waals surface area contributed by atoms with Crippen molar-refractivity contribution in [2.45, 2.75) is 33.1 Å². The molecule has 0 atom stereocenters. The van der Waals surface area contributed by atoms with Crippen LogP contribution in [0.3, 0.4) is 0 Å². The summed E-state index contributed by atoms with van der Waals surface area (Å²) >= 11 is 1.30. The summed E-state index contributed by atoms with van der Waals surface area (Å²) < 4.78 is 1.29. The van der Waals surface area contributed by atoms with Gasteiger partial charge in [-0.3, -0.25) is 9.59 Å². The van der Waals surface area contributed by atoms with Gasteiger partial charge in [-0.05, 0) is 24.5 Å². The van der Waals surface area contributed by atoms with Crippen molar-refractivity contribution in [2.75, 3.05) is 23.8 Å². The molecule has 2 heterocycles. The Bertz CT molecular complexity index is 1010. The first-order chi connectivity index (χ1) is 13.0. The lowest BCUT2D eigenvalue weighted by Gasteiger charge is -2.15. The van der Waals surface area contributed by atoms with Crippen LogP contribution < -0.4 is 15.8 Å². The maximum Gasteiger partial charge on any atom is 0.275 e. The van der Waals surface area contributed by atoms with E-state index in [1.807, 2.05) is 31.2 Å². The van der Waals surface area contributed by atoms with Gasteiger partial charge in [-0.25, -0.2) is 4.98 Å². The van der Waals surface area contributed by atoms with Crippen molar-refractivity contribution in [1.82, 2.24) is 14.6 Å². The van der Waals surface area contributed by atoms with E-state index in [-0.39, 0.29) is 18.0 Å². The average Bonchev–Trinajstić information content (AvgIpc) is 3.07. The lowest BCUT2D eigenvalue weighted by atomic mass is 10.1. The van der Waals surface area contributed by atoms with Gasteiger partial charge in [0.1, 0.15) is 0 Å². The number of hydrogen-bond donors (Lipinski definition) is 1. The second kappa shape index (κ2) is 8.30. The van der Waals surface area contributed by atoms with Crippen LogP contribution >= 0.6 is 11.3 Å². The second-order valence-corrected chi connectivity index (χ2v) is 7.26. The Morgan fingerprint density at radius 3 is 2.81 bits per heavy atom. The zero-order chi connectivity index (χ0) is 19.4. The van der Waals surface area contributed by atoms with Crippen LogP contribution in [0.5, 0.6) is 0 Å². The number of nitrogens with zero attached hydrogens (tertiary/aromatic N) is 4. The Labute approximate surface area is 161 Å². The number of nitrogens with one attached hydrogen (secondary N) is 1. The van der Waals surface area contributed by atoms with E-state index in [1.54, 1.807) is 11.9 Å². The predicted octanol–water partition coefficient (Wildman–Crippen LogP) is 2.74. The fraction of sp³-hybridized carbons (Fsp3) is 0.368. The van der Waals surface area contributed by atoms with E-state index in [0.717, 1.165) is 36.2 Å². The molecular formula is C19H23N5O2S. The van der Waals surface area contributed by atoms with Crippen LogP contribution in [0.2, 0.25) is 0 Å². The summed E-state index contributed by atoms with van der Waals surface area (Å²) in [5.74, 6) is -0.135. The molecule has 0 fully saturated rings. The maximum atomic E-state index is 12.4. The van der Waals surface area contributed by atoms with Crippen molar-refractivity contribution in [2.24, 2.45) is 0 Å². The van der Waals surface area contributed by atoms with E-state index in [4.69, 9.17) is 0 Å². The third-order valence-corrected chi connectivity index (χ3v) is 5.20. The van der Waals surface area contributed by atoms with Gasteiger partial charge >= 0.3 is 0 Å². The number of hydrogen-bond acceptors (Lipinski definition) is 6. The van der Waals surface area contributed by atoms with Crippen molar-refractivity contribution in [1.29, 1.82) is 0 Å². The number of fused-ring (bicyclic) bond motifs is 1. The molecule has 1 N–H and O–H groups in total. The molecule has 3 rings (SSSR count). The lowest BCUT2D eigenvalue weighted by molar-refractivity contribution is -0.114. The fourth-order valence-electron chi connectivity index (χ4n) is 2.81. The van der Waals surface area contributed by atoms with Gasteiger partial charge in [0.25, 0.3) is 5.56 Å². The van der Waals surface area contributed by atoms with Gasteiger partial charge in [0.2, 0.25) is 16.0 Å². The van der Waals surface area contributed by atoms with E-state index in [0.29, 0.717) is 10.1 Å². The van der Waals surface area contributed by atoms with E-state index in [9.17, 15) is 9.59 Å². The molecule has 2 aromatic heterocycles. The predicted molar refractivity (Wildman–Crippen MR) is 109 cm³/mol. The smallest absolute Gasteiger partial charge is 0.275 e. The van der Waals surface area contributed by atoms with Gasteiger partial charge in [-0.2, -0.15) is 4.52 Å². The Hall–Kier alpha value is -2.74. The van der Waals surface area contributed by atoms with Crippen molar-refractivity contribution in [3.05, 3.63) is 51.9 Å². The lowest BCUT2D eigenvalue weighted by Crippen LogP contribution is -2.30. The molecule has 0 spiro atoms. The highest BCUT2D eigenvalue weighted by Gasteiger charge is 2.15. The molecule has 142 valence electrons. The normalized spacial score (nSPS) is 10.9. The number of carbonyl (C=O) groups excluding carboxylic acids is 1. The van der Waals surface area contributed by atoms with Crippen LogP contribution in [0.15, 0.2) is 35.1 Å². The highest BCUT2D eigenvalue weighted by Crippen LogP contribution is 2.21. The first-order valence-electron chi connectivity index (χ1n) is 9.00. The van der Waals surface area contributed by atoms with Crippen LogP contribution in [0.4, 0.5) is 10.8 Å². The molecule has 3 aromatic rings. The Kier molecular flexibility index (Phi) is 5.85. The fourth-order valence-corrected chi connectivity index (χ4v) is 3.69. The number of aromatic nitrogens is 3. The van der Waals surface area contributed by atoms with Crippen molar-refractivity contribution >= 4 is 33.0 Å².